The van der Waals surface area contributed by atoms with Crippen molar-refractivity contribution in [3.8, 4) is 0 Å². The Bertz CT molecular complexity index is 573. The third-order valence-corrected chi connectivity index (χ3v) is 5.02. The summed E-state index contributed by atoms with van der Waals surface area (Å²) < 4.78 is 7.13. The first kappa shape index (κ1) is 17.4. The molecule has 22 heavy (non-hydrogen) atoms. The van der Waals surface area contributed by atoms with Crippen LogP contribution in [0.5, 0.6) is 0 Å². The van der Waals surface area contributed by atoms with E-state index in [4.69, 9.17) is 10.5 Å². The van der Waals surface area contributed by atoms with E-state index >= 15 is 0 Å². The molecule has 2 aromatic rings. The number of rotatable bonds is 7. The minimum atomic E-state index is 0. The van der Waals surface area contributed by atoms with Crippen molar-refractivity contribution in [1.29, 1.82) is 0 Å². The SMILES string of the molecule is NC1CCN(CCCOCCc2ccc3sccc3c2)C1.O. The van der Waals surface area contributed by atoms with Gasteiger partial charge in [0, 0.05) is 30.4 Å². The predicted molar refractivity (Wildman–Crippen MR) is 93.6 cm³/mol. The molecule has 0 saturated carbocycles. The molecular weight excluding hydrogens is 296 g/mol. The molecule has 2 heterocycles. The number of hydrogen-bond donors (Lipinski definition) is 1. The van der Waals surface area contributed by atoms with Gasteiger partial charge in [0.2, 0.25) is 0 Å². The standard InChI is InChI=1S/C17H24N2OS.H2O/c18-16-4-8-19(13-16)7-1-9-20-10-5-14-2-3-17-15(12-14)6-11-21-17;/h2-3,6,11-12,16H,1,4-5,7-10,13,18H2;1H2. The van der Waals surface area contributed by atoms with Crippen LogP contribution in [0.3, 0.4) is 0 Å². The van der Waals surface area contributed by atoms with Crippen LogP contribution in [-0.2, 0) is 11.2 Å². The van der Waals surface area contributed by atoms with Gasteiger partial charge in [-0.15, -0.1) is 11.3 Å². The highest BCUT2D eigenvalue weighted by atomic mass is 32.1. The Hall–Kier alpha value is -0.980. The van der Waals surface area contributed by atoms with Crippen LogP contribution in [0.2, 0.25) is 0 Å². The summed E-state index contributed by atoms with van der Waals surface area (Å²) in [6.07, 6.45) is 3.25. The second-order valence-corrected chi connectivity index (χ2v) is 6.81. The van der Waals surface area contributed by atoms with E-state index in [2.05, 4.69) is 34.5 Å². The van der Waals surface area contributed by atoms with E-state index in [1.807, 2.05) is 0 Å². The number of likely N-dealkylation sites (tertiary alicyclic amines) is 1. The van der Waals surface area contributed by atoms with Crippen molar-refractivity contribution in [2.75, 3.05) is 32.8 Å². The van der Waals surface area contributed by atoms with Crippen molar-refractivity contribution in [2.24, 2.45) is 5.73 Å². The molecule has 3 rings (SSSR count). The average Bonchev–Trinajstić information content (AvgIpc) is 3.11. The molecule has 1 fully saturated rings. The van der Waals surface area contributed by atoms with Gasteiger partial charge in [-0.2, -0.15) is 0 Å². The molecule has 1 saturated heterocycles. The van der Waals surface area contributed by atoms with Gasteiger partial charge >= 0.3 is 0 Å². The van der Waals surface area contributed by atoms with Crippen LogP contribution in [-0.4, -0.2) is 49.3 Å². The van der Waals surface area contributed by atoms with Crippen molar-refractivity contribution in [2.45, 2.75) is 25.3 Å². The maximum absolute atomic E-state index is 5.90. The number of fused-ring (bicyclic) bond motifs is 1. The first-order chi connectivity index (χ1) is 10.3. The summed E-state index contributed by atoms with van der Waals surface area (Å²) in [5.74, 6) is 0. The lowest BCUT2D eigenvalue weighted by atomic mass is 10.1. The summed E-state index contributed by atoms with van der Waals surface area (Å²) in [6.45, 7) is 5.00. The van der Waals surface area contributed by atoms with Gasteiger partial charge in [0.25, 0.3) is 0 Å². The van der Waals surface area contributed by atoms with Crippen LogP contribution in [0.15, 0.2) is 29.6 Å². The molecule has 4 N–H and O–H groups in total. The summed E-state index contributed by atoms with van der Waals surface area (Å²) in [5, 5.41) is 3.50. The fraction of sp³-hybridized carbons (Fsp3) is 0.529. The van der Waals surface area contributed by atoms with Gasteiger partial charge in [-0.1, -0.05) is 12.1 Å². The predicted octanol–water partition coefficient (Wildman–Crippen LogP) is 2.06. The molecule has 1 aromatic carbocycles. The fourth-order valence-electron chi connectivity index (χ4n) is 2.92. The molecule has 1 aliphatic heterocycles. The quantitative estimate of drug-likeness (QED) is 0.793. The second-order valence-electron chi connectivity index (χ2n) is 5.86. The first-order valence-electron chi connectivity index (χ1n) is 7.83. The molecule has 5 heteroatoms. The van der Waals surface area contributed by atoms with Crippen LogP contribution >= 0.6 is 11.3 Å². The third kappa shape index (κ3) is 4.76. The Morgan fingerprint density at radius 2 is 2.18 bits per heavy atom. The van der Waals surface area contributed by atoms with Gasteiger partial charge in [-0.05, 0) is 54.3 Å². The Balaban J connectivity index is 0.00000176. The van der Waals surface area contributed by atoms with Crippen LogP contribution < -0.4 is 5.73 Å². The zero-order valence-corrected chi connectivity index (χ0v) is 13.8. The fourth-order valence-corrected chi connectivity index (χ4v) is 3.69. The highest BCUT2D eigenvalue weighted by Gasteiger charge is 2.17. The summed E-state index contributed by atoms with van der Waals surface area (Å²) in [6, 6.07) is 9.28. The Morgan fingerprint density at radius 1 is 1.27 bits per heavy atom. The smallest absolute Gasteiger partial charge is 0.0506 e. The Kier molecular flexibility index (Phi) is 6.79. The van der Waals surface area contributed by atoms with E-state index in [0.717, 1.165) is 52.1 Å². The van der Waals surface area contributed by atoms with Crippen LogP contribution in [0.1, 0.15) is 18.4 Å². The molecule has 0 amide bonds. The maximum atomic E-state index is 5.90. The number of hydrogen-bond acceptors (Lipinski definition) is 4. The molecular formula is C17H26N2O2S. The lowest BCUT2D eigenvalue weighted by molar-refractivity contribution is 0.126. The van der Waals surface area contributed by atoms with Crippen molar-refractivity contribution in [1.82, 2.24) is 4.90 Å². The van der Waals surface area contributed by atoms with Gasteiger partial charge in [-0.3, -0.25) is 0 Å². The van der Waals surface area contributed by atoms with Gasteiger partial charge < -0.3 is 20.8 Å². The monoisotopic (exact) mass is 322 g/mol. The lowest BCUT2D eigenvalue weighted by Crippen LogP contribution is -2.27. The number of benzene rings is 1. The molecule has 4 nitrogen and oxygen atoms in total. The van der Waals surface area contributed by atoms with Crippen molar-refractivity contribution in [3.63, 3.8) is 0 Å². The molecule has 0 radical (unpaired) electrons. The molecule has 1 aliphatic rings. The summed E-state index contributed by atoms with van der Waals surface area (Å²) in [7, 11) is 0. The van der Waals surface area contributed by atoms with Crippen LogP contribution in [0.25, 0.3) is 10.1 Å². The molecule has 122 valence electrons. The molecule has 0 bridgehead atoms. The number of nitrogens with two attached hydrogens (primary N) is 1. The molecule has 1 atom stereocenters. The van der Waals surface area contributed by atoms with Crippen LogP contribution in [0, 0.1) is 0 Å². The van der Waals surface area contributed by atoms with E-state index in [0.29, 0.717) is 6.04 Å². The molecule has 1 unspecified atom stereocenters. The number of thiophene rings is 1. The highest BCUT2D eigenvalue weighted by Crippen LogP contribution is 2.21. The van der Waals surface area contributed by atoms with Gasteiger partial charge in [-0.25, -0.2) is 0 Å². The topological polar surface area (TPSA) is 70.0 Å². The molecule has 0 aliphatic carbocycles. The van der Waals surface area contributed by atoms with E-state index in [9.17, 15) is 0 Å². The van der Waals surface area contributed by atoms with Gasteiger partial charge in [0.1, 0.15) is 0 Å². The summed E-state index contributed by atoms with van der Waals surface area (Å²) in [4.78, 5) is 2.44. The van der Waals surface area contributed by atoms with E-state index in [1.165, 1.54) is 15.6 Å². The highest BCUT2D eigenvalue weighted by molar-refractivity contribution is 7.17. The Morgan fingerprint density at radius 3 is 3.00 bits per heavy atom. The zero-order valence-electron chi connectivity index (χ0n) is 13.0. The molecule has 0 spiro atoms. The van der Waals surface area contributed by atoms with Gasteiger partial charge in [0.05, 0.1) is 6.61 Å². The normalized spacial score (nSPS) is 18.7. The average molecular weight is 322 g/mol. The van der Waals surface area contributed by atoms with E-state index in [1.54, 1.807) is 11.3 Å². The van der Waals surface area contributed by atoms with E-state index in [-0.39, 0.29) is 5.48 Å². The second kappa shape index (κ2) is 8.60. The number of nitrogens with zero attached hydrogens (tertiary/aromatic N) is 1. The maximum Gasteiger partial charge on any atom is 0.0506 e. The minimum Gasteiger partial charge on any atom is -0.412 e. The molecule has 1 aromatic heterocycles. The third-order valence-electron chi connectivity index (χ3n) is 4.12. The van der Waals surface area contributed by atoms with E-state index < -0.39 is 0 Å². The van der Waals surface area contributed by atoms with Crippen molar-refractivity contribution >= 4 is 21.4 Å². The number of ether oxygens (including phenoxy) is 1. The largest absolute Gasteiger partial charge is 0.412 e. The summed E-state index contributed by atoms with van der Waals surface area (Å²) in [5.41, 5.74) is 7.27. The zero-order chi connectivity index (χ0) is 14.5. The van der Waals surface area contributed by atoms with Gasteiger partial charge in [0.15, 0.2) is 0 Å². The van der Waals surface area contributed by atoms with Crippen molar-refractivity contribution < 1.29 is 10.2 Å². The summed E-state index contributed by atoms with van der Waals surface area (Å²) >= 11 is 1.80. The van der Waals surface area contributed by atoms with Crippen molar-refractivity contribution in [3.05, 3.63) is 35.2 Å². The minimum absolute atomic E-state index is 0. The first-order valence-corrected chi connectivity index (χ1v) is 8.71. The Labute approximate surface area is 136 Å². The van der Waals surface area contributed by atoms with Crippen LogP contribution in [0.4, 0.5) is 0 Å². The lowest BCUT2D eigenvalue weighted by Gasteiger charge is -2.14.